The van der Waals surface area contributed by atoms with Gasteiger partial charge in [0.15, 0.2) is 5.57 Å². The second kappa shape index (κ2) is 3.15. The summed E-state index contributed by atoms with van der Waals surface area (Å²) in [4.78, 5) is 10.2. The van der Waals surface area contributed by atoms with Crippen molar-refractivity contribution in [2.45, 2.75) is 0 Å². The van der Waals surface area contributed by atoms with Gasteiger partial charge in [-0.25, -0.2) is 0 Å². The van der Waals surface area contributed by atoms with Gasteiger partial charge in [-0.15, -0.1) is 0 Å². The number of hydrogen-bond donors (Lipinski definition) is 1. The zero-order chi connectivity index (χ0) is 7.28. The Morgan fingerprint density at radius 2 is 1.89 bits per heavy atom. The highest BCUT2D eigenvalue weighted by molar-refractivity contribution is 6.14. The molecule has 0 radical (unpaired) electrons. The summed E-state index contributed by atoms with van der Waals surface area (Å²) in [6, 6.07) is 2.53. The van der Waals surface area contributed by atoms with Gasteiger partial charge < -0.3 is 0 Å². The lowest BCUT2D eigenvalue weighted by Gasteiger charge is -1.73. The highest BCUT2D eigenvalue weighted by atomic mass is 16.1. The fourth-order valence-corrected chi connectivity index (χ4v) is 0.191. The summed E-state index contributed by atoms with van der Waals surface area (Å²) in [7, 11) is 0. The van der Waals surface area contributed by atoms with Crippen molar-refractivity contribution >= 4 is 11.7 Å². The van der Waals surface area contributed by atoms with Crippen molar-refractivity contribution in [3.8, 4) is 12.1 Å². The SMILES string of the molecule is N#CC(=O)C(=C=N)C#N. The van der Waals surface area contributed by atoms with Crippen LogP contribution in [0, 0.1) is 28.1 Å². The molecule has 0 aromatic carbocycles. The first-order valence-corrected chi connectivity index (χ1v) is 1.90. The molecule has 0 aliphatic heterocycles. The number of nitriles is 2. The molecule has 0 aliphatic rings. The number of hydrogen-bond acceptors (Lipinski definition) is 4. The van der Waals surface area contributed by atoms with Crippen LogP contribution in [0.1, 0.15) is 0 Å². The van der Waals surface area contributed by atoms with Gasteiger partial charge >= 0.3 is 0 Å². The molecule has 0 fully saturated rings. The molecule has 1 N–H and O–H groups in total. The lowest BCUT2D eigenvalue weighted by Crippen LogP contribution is -1.95. The van der Waals surface area contributed by atoms with Gasteiger partial charge in [-0.1, -0.05) is 0 Å². The largest absolute Gasteiger partial charge is 0.282 e. The molecular weight excluding hydrogens is 118 g/mol. The van der Waals surface area contributed by atoms with Crippen LogP contribution in [0.25, 0.3) is 0 Å². The van der Waals surface area contributed by atoms with Crippen LogP contribution in [-0.2, 0) is 4.79 Å². The third-order valence-corrected chi connectivity index (χ3v) is 0.565. The van der Waals surface area contributed by atoms with E-state index in [-0.39, 0.29) is 0 Å². The van der Waals surface area contributed by atoms with E-state index in [1.165, 1.54) is 18.0 Å². The van der Waals surface area contributed by atoms with Crippen molar-refractivity contribution in [3.05, 3.63) is 5.57 Å². The van der Waals surface area contributed by atoms with Crippen LogP contribution >= 0.6 is 0 Å². The molecule has 0 atom stereocenters. The average Bonchev–Trinajstić information content (AvgIpc) is 1.90. The van der Waals surface area contributed by atoms with Crippen molar-refractivity contribution in [2.24, 2.45) is 0 Å². The Kier molecular flexibility index (Phi) is 2.48. The first-order chi connectivity index (χ1) is 4.26. The van der Waals surface area contributed by atoms with Crippen molar-refractivity contribution in [2.75, 3.05) is 0 Å². The maximum absolute atomic E-state index is 10.2. The Hall–Kier alpha value is -1.90. The fourth-order valence-electron chi connectivity index (χ4n) is 0.191. The van der Waals surface area contributed by atoms with E-state index in [1.54, 1.807) is 0 Å². The quantitative estimate of drug-likeness (QED) is 0.224. The van der Waals surface area contributed by atoms with Crippen LogP contribution in [0.3, 0.4) is 0 Å². The zero-order valence-electron chi connectivity index (χ0n) is 4.30. The molecular formula is C5HN3O. The van der Waals surface area contributed by atoms with E-state index in [0.29, 0.717) is 0 Å². The summed E-state index contributed by atoms with van der Waals surface area (Å²) in [6.45, 7) is 0. The summed E-state index contributed by atoms with van der Waals surface area (Å²) < 4.78 is 0. The van der Waals surface area contributed by atoms with Crippen LogP contribution < -0.4 is 0 Å². The lowest BCUT2D eigenvalue weighted by molar-refractivity contribution is -0.110. The Labute approximate surface area is 51.1 Å². The molecule has 0 heterocycles. The second-order valence-electron chi connectivity index (χ2n) is 1.05. The van der Waals surface area contributed by atoms with E-state index in [2.05, 4.69) is 0 Å². The van der Waals surface area contributed by atoms with Crippen molar-refractivity contribution in [1.29, 1.82) is 15.9 Å². The van der Waals surface area contributed by atoms with Crippen molar-refractivity contribution < 1.29 is 4.79 Å². The van der Waals surface area contributed by atoms with Gasteiger partial charge in [-0.3, -0.25) is 10.2 Å². The average molecular weight is 119 g/mol. The third-order valence-electron chi connectivity index (χ3n) is 0.565. The summed E-state index contributed by atoms with van der Waals surface area (Å²) in [6.07, 6.45) is 0. The monoisotopic (exact) mass is 119 g/mol. The molecule has 0 aromatic heterocycles. The second-order valence-corrected chi connectivity index (χ2v) is 1.05. The van der Waals surface area contributed by atoms with Gasteiger partial charge in [0.25, 0.3) is 5.78 Å². The Bertz CT molecular complexity index is 259. The van der Waals surface area contributed by atoms with E-state index in [1.807, 2.05) is 0 Å². The molecule has 0 rings (SSSR count). The van der Waals surface area contributed by atoms with E-state index in [9.17, 15) is 4.79 Å². The predicted octanol–water partition coefficient (Wildman–Crippen LogP) is -0.222. The summed E-state index contributed by atoms with van der Waals surface area (Å²) >= 11 is 0. The molecule has 4 heteroatoms. The van der Waals surface area contributed by atoms with Gasteiger partial charge in [0, 0.05) is 5.87 Å². The van der Waals surface area contributed by atoms with Crippen LogP contribution in [0.4, 0.5) is 0 Å². The predicted molar refractivity (Wildman–Crippen MR) is 27.5 cm³/mol. The maximum Gasteiger partial charge on any atom is 0.282 e. The molecule has 4 nitrogen and oxygen atoms in total. The van der Waals surface area contributed by atoms with E-state index in [4.69, 9.17) is 15.9 Å². The van der Waals surface area contributed by atoms with Crippen molar-refractivity contribution in [3.63, 3.8) is 0 Å². The topological polar surface area (TPSA) is 88.5 Å². The van der Waals surface area contributed by atoms with Gasteiger partial charge in [-0.05, 0) is 0 Å². The fraction of sp³-hybridized carbons (Fsp3) is 0. The van der Waals surface area contributed by atoms with Crippen LogP contribution in [0.15, 0.2) is 5.57 Å². The maximum atomic E-state index is 10.2. The molecule has 0 unspecified atom stereocenters. The highest BCUT2D eigenvalue weighted by Crippen LogP contribution is 1.84. The molecule has 0 spiro atoms. The standard InChI is InChI=1S/C5HN3O/c6-1-4(2-7)5(9)3-8/h6H. The normalized spacial score (nSPS) is 6.00. The van der Waals surface area contributed by atoms with Gasteiger partial charge in [0.05, 0.1) is 0 Å². The molecule has 9 heavy (non-hydrogen) atoms. The molecule has 0 amide bonds. The number of nitrogens with one attached hydrogen (secondary N) is 1. The highest BCUT2D eigenvalue weighted by Gasteiger charge is 2.04. The van der Waals surface area contributed by atoms with Crippen molar-refractivity contribution in [1.82, 2.24) is 0 Å². The van der Waals surface area contributed by atoms with Crippen LogP contribution in [0.2, 0.25) is 0 Å². The third kappa shape index (κ3) is 1.56. The van der Waals surface area contributed by atoms with Gasteiger partial charge in [0.1, 0.15) is 12.1 Å². The molecule has 0 saturated carbocycles. The van der Waals surface area contributed by atoms with Gasteiger partial charge in [-0.2, -0.15) is 10.5 Å². The van der Waals surface area contributed by atoms with Gasteiger partial charge in [0.2, 0.25) is 0 Å². The molecule has 0 aliphatic carbocycles. The minimum atomic E-state index is -1.02. The molecule has 0 aromatic rings. The first-order valence-electron chi connectivity index (χ1n) is 1.90. The minimum absolute atomic E-state index is 0.558. The van der Waals surface area contributed by atoms with Crippen LogP contribution in [-0.4, -0.2) is 11.7 Å². The number of nitrogens with zero attached hydrogens (tertiary/aromatic N) is 2. The number of carbonyl (C=O) groups excluding carboxylic acids is 1. The first kappa shape index (κ1) is 7.10. The molecule has 0 bridgehead atoms. The smallest absolute Gasteiger partial charge is 0.275 e. The number of ketones is 1. The molecule has 0 saturated heterocycles. The van der Waals surface area contributed by atoms with Crippen LogP contribution in [0.5, 0.6) is 0 Å². The number of allylic oxidation sites excluding steroid dienone is 1. The Morgan fingerprint density at radius 3 is 2.00 bits per heavy atom. The Balaban J connectivity index is 4.65. The van der Waals surface area contributed by atoms with E-state index in [0.717, 1.165) is 0 Å². The zero-order valence-corrected chi connectivity index (χ0v) is 4.30. The summed E-state index contributed by atoms with van der Waals surface area (Å²) in [5, 5.41) is 22.2. The van der Waals surface area contributed by atoms with E-state index < -0.39 is 11.4 Å². The lowest BCUT2D eigenvalue weighted by atomic mass is 10.2. The number of rotatable bonds is 1. The Morgan fingerprint density at radius 1 is 1.33 bits per heavy atom. The summed E-state index contributed by atoms with van der Waals surface area (Å²) in [5.41, 5.74) is -0.558. The number of carbonyl (C=O) groups is 1. The molecule has 42 valence electrons. The van der Waals surface area contributed by atoms with E-state index >= 15 is 0 Å². The minimum Gasteiger partial charge on any atom is -0.275 e. The summed E-state index contributed by atoms with van der Waals surface area (Å²) in [5.74, 6) is 0.515. The number of Topliss-reactive ketones (excluding diaryl/α,β-unsaturated/α-hetero) is 1.